The van der Waals surface area contributed by atoms with Gasteiger partial charge in [-0.3, -0.25) is 14.7 Å². The molecule has 0 aliphatic carbocycles. The second-order valence-corrected chi connectivity index (χ2v) is 8.57. The lowest BCUT2D eigenvalue weighted by atomic mass is 9.73. The molecule has 0 unspecified atom stereocenters. The third kappa shape index (κ3) is 2.95. The van der Waals surface area contributed by atoms with E-state index in [1.807, 2.05) is 19.9 Å². The Morgan fingerprint density at radius 2 is 2.25 bits per heavy atom. The maximum atomic E-state index is 12.5. The van der Waals surface area contributed by atoms with Gasteiger partial charge in [-0.25, -0.2) is 0 Å². The number of carbonyl (C=O) groups is 1. The SMILES string of the molecule is Cc1cccc(CN2C[C@@H]3[C@H](CNC(=O)c4ccoc4C)[C@H]4CC[C@]3(C2)O4)n1. The summed E-state index contributed by atoms with van der Waals surface area (Å²) in [5.74, 6) is 1.46. The number of nitrogens with zero attached hydrogens (tertiary/aromatic N) is 2. The van der Waals surface area contributed by atoms with E-state index in [9.17, 15) is 4.79 Å². The van der Waals surface area contributed by atoms with Crippen molar-refractivity contribution in [3.8, 4) is 0 Å². The molecule has 4 atom stereocenters. The molecule has 1 N–H and O–H groups in total. The van der Waals surface area contributed by atoms with Gasteiger partial charge in [0.25, 0.3) is 5.91 Å². The van der Waals surface area contributed by atoms with Crippen LogP contribution >= 0.6 is 0 Å². The van der Waals surface area contributed by atoms with Crippen LogP contribution < -0.4 is 5.32 Å². The first-order chi connectivity index (χ1) is 13.5. The monoisotopic (exact) mass is 381 g/mol. The van der Waals surface area contributed by atoms with Crippen LogP contribution in [-0.2, 0) is 11.3 Å². The molecule has 1 spiro atoms. The smallest absolute Gasteiger partial charge is 0.254 e. The Morgan fingerprint density at radius 1 is 1.36 bits per heavy atom. The van der Waals surface area contributed by atoms with Crippen molar-refractivity contribution in [1.82, 2.24) is 15.2 Å². The standard InChI is InChI=1S/C22H27N3O3/c1-14-4-3-5-16(24-14)11-25-12-19-18(20-6-8-22(19,13-25)28-20)10-23-21(26)17-7-9-27-15(17)2/h3-5,7,9,18-20H,6,8,10-13H2,1-2H3,(H,23,26)/t18-,19+,20+,22+/m0/s1. The molecular weight excluding hydrogens is 354 g/mol. The number of aromatic nitrogens is 1. The van der Waals surface area contributed by atoms with Crippen LogP contribution in [0.4, 0.5) is 0 Å². The summed E-state index contributed by atoms with van der Waals surface area (Å²) in [5, 5.41) is 3.12. The van der Waals surface area contributed by atoms with E-state index >= 15 is 0 Å². The van der Waals surface area contributed by atoms with Gasteiger partial charge < -0.3 is 14.5 Å². The van der Waals surface area contributed by atoms with Gasteiger partial charge in [0.15, 0.2) is 0 Å². The van der Waals surface area contributed by atoms with Gasteiger partial charge in [-0.15, -0.1) is 0 Å². The normalized spacial score (nSPS) is 31.3. The predicted octanol–water partition coefficient (Wildman–Crippen LogP) is 2.70. The van der Waals surface area contributed by atoms with Gasteiger partial charge in [0.2, 0.25) is 0 Å². The van der Waals surface area contributed by atoms with Gasteiger partial charge >= 0.3 is 0 Å². The van der Waals surface area contributed by atoms with Crippen LogP contribution in [0.5, 0.6) is 0 Å². The second kappa shape index (κ2) is 6.71. The maximum absolute atomic E-state index is 12.5. The van der Waals surface area contributed by atoms with Gasteiger partial charge in [0.1, 0.15) is 5.76 Å². The summed E-state index contributed by atoms with van der Waals surface area (Å²) in [6.07, 6.45) is 4.06. The molecule has 0 radical (unpaired) electrons. The molecule has 6 heteroatoms. The number of rotatable bonds is 5. The van der Waals surface area contributed by atoms with Gasteiger partial charge in [-0.05, 0) is 44.9 Å². The summed E-state index contributed by atoms with van der Waals surface area (Å²) in [6, 6.07) is 7.94. The number of aryl methyl sites for hydroxylation is 2. The van der Waals surface area contributed by atoms with Crippen molar-refractivity contribution in [2.45, 2.75) is 44.9 Å². The molecule has 2 aromatic rings. The number of hydrogen-bond acceptors (Lipinski definition) is 5. The molecule has 1 amide bonds. The highest BCUT2D eigenvalue weighted by atomic mass is 16.5. The first kappa shape index (κ1) is 17.9. The van der Waals surface area contributed by atoms with E-state index in [0.717, 1.165) is 43.9 Å². The molecule has 3 fully saturated rings. The molecule has 3 aliphatic rings. The maximum Gasteiger partial charge on any atom is 0.254 e. The Hall–Kier alpha value is -2.18. The van der Waals surface area contributed by atoms with Crippen LogP contribution in [0.25, 0.3) is 0 Å². The Labute approximate surface area is 165 Å². The molecule has 2 bridgehead atoms. The lowest BCUT2D eigenvalue weighted by Crippen LogP contribution is -2.41. The fourth-order valence-corrected chi connectivity index (χ4v) is 5.52. The fourth-order valence-electron chi connectivity index (χ4n) is 5.52. The van der Waals surface area contributed by atoms with E-state index in [-0.39, 0.29) is 17.6 Å². The Morgan fingerprint density at radius 3 is 3.04 bits per heavy atom. The predicted molar refractivity (Wildman–Crippen MR) is 104 cm³/mol. The molecule has 28 heavy (non-hydrogen) atoms. The zero-order chi connectivity index (χ0) is 19.3. The summed E-state index contributed by atoms with van der Waals surface area (Å²) >= 11 is 0. The number of carbonyl (C=O) groups excluding carboxylic acids is 1. The number of fused-ring (bicyclic) bond motifs is 1. The number of amides is 1. The van der Waals surface area contributed by atoms with Crippen molar-refractivity contribution in [1.29, 1.82) is 0 Å². The summed E-state index contributed by atoms with van der Waals surface area (Å²) in [5.41, 5.74) is 2.76. The molecule has 148 valence electrons. The van der Waals surface area contributed by atoms with E-state index in [4.69, 9.17) is 9.15 Å². The van der Waals surface area contributed by atoms with Crippen molar-refractivity contribution >= 4 is 5.91 Å². The number of hydrogen-bond donors (Lipinski definition) is 1. The van der Waals surface area contributed by atoms with Crippen LogP contribution in [0.2, 0.25) is 0 Å². The topological polar surface area (TPSA) is 67.6 Å². The molecule has 3 aliphatic heterocycles. The molecule has 6 nitrogen and oxygen atoms in total. The zero-order valence-corrected chi connectivity index (χ0v) is 16.5. The number of furan rings is 1. The highest BCUT2D eigenvalue weighted by Gasteiger charge is 2.62. The highest BCUT2D eigenvalue weighted by molar-refractivity contribution is 5.95. The number of likely N-dealkylation sites (tertiary alicyclic amines) is 1. The zero-order valence-electron chi connectivity index (χ0n) is 16.5. The van der Waals surface area contributed by atoms with E-state index in [1.54, 1.807) is 12.3 Å². The first-order valence-corrected chi connectivity index (χ1v) is 10.2. The minimum absolute atomic E-state index is 0.0323. The minimum atomic E-state index is -0.0538. The summed E-state index contributed by atoms with van der Waals surface area (Å²) in [4.78, 5) is 19.6. The van der Waals surface area contributed by atoms with Crippen LogP contribution in [0.1, 0.15) is 40.3 Å². The Bertz CT molecular complexity index is 895. The van der Waals surface area contributed by atoms with Crippen molar-refractivity contribution in [3.63, 3.8) is 0 Å². The van der Waals surface area contributed by atoms with Crippen molar-refractivity contribution in [2.75, 3.05) is 19.6 Å². The molecule has 0 saturated carbocycles. The van der Waals surface area contributed by atoms with Crippen LogP contribution in [0.15, 0.2) is 34.9 Å². The summed E-state index contributed by atoms with van der Waals surface area (Å²) in [6.45, 7) is 7.36. The molecule has 5 rings (SSSR count). The molecule has 5 heterocycles. The molecule has 0 aromatic carbocycles. The average Bonchev–Trinajstić information content (AvgIpc) is 3.40. The minimum Gasteiger partial charge on any atom is -0.469 e. The molecular formula is C22H27N3O3. The van der Waals surface area contributed by atoms with Crippen LogP contribution in [0.3, 0.4) is 0 Å². The third-order valence-corrected chi connectivity index (χ3v) is 6.79. The highest BCUT2D eigenvalue weighted by Crippen LogP contribution is 2.54. The summed E-state index contributed by atoms with van der Waals surface area (Å²) in [7, 11) is 0. The fraction of sp³-hybridized carbons (Fsp3) is 0.545. The van der Waals surface area contributed by atoms with E-state index in [0.29, 0.717) is 29.7 Å². The van der Waals surface area contributed by atoms with Crippen molar-refractivity contribution < 1.29 is 13.9 Å². The Kier molecular flexibility index (Phi) is 4.29. The summed E-state index contributed by atoms with van der Waals surface area (Å²) < 4.78 is 11.8. The van der Waals surface area contributed by atoms with Gasteiger partial charge in [-0.1, -0.05) is 6.07 Å². The van der Waals surface area contributed by atoms with Gasteiger partial charge in [0, 0.05) is 43.7 Å². The molecule has 2 aromatic heterocycles. The number of nitrogens with one attached hydrogen (secondary N) is 1. The van der Waals surface area contributed by atoms with Crippen LogP contribution in [0, 0.1) is 25.7 Å². The quantitative estimate of drug-likeness (QED) is 0.863. The van der Waals surface area contributed by atoms with E-state index in [2.05, 4.69) is 27.3 Å². The average molecular weight is 381 g/mol. The number of pyridine rings is 1. The first-order valence-electron chi connectivity index (χ1n) is 10.2. The van der Waals surface area contributed by atoms with Crippen LogP contribution in [-0.4, -0.2) is 47.1 Å². The van der Waals surface area contributed by atoms with E-state index < -0.39 is 0 Å². The Balaban J connectivity index is 1.26. The lowest BCUT2D eigenvalue weighted by Gasteiger charge is -2.29. The largest absolute Gasteiger partial charge is 0.469 e. The molecule has 3 saturated heterocycles. The number of ether oxygens (including phenoxy) is 1. The van der Waals surface area contributed by atoms with Crippen molar-refractivity contribution in [3.05, 3.63) is 53.2 Å². The third-order valence-electron chi connectivity index (χ3n) is 6.79. The lowest BCUT2D eigenvalue weighted by molar-refractivity contribution is 0.00203. The van der Waals surface area contributed by atoms with E-state index in [1.165, 1.54) is 0 Å². The van der Waals surface area contributed by atoms with Gasteiger partial charge in [0.05, 0.1) is 29.2 Å². The second-order valence-electron chi connectivity index (χ2n) is 8.57. The van der Waals surface area contributed by atoms with Gasteiger partial charge in [-0.2, -0.15) is 0 Å². The van der Waals surface area contributed by atoms with Crippen molar-refractivity contribution in [2.24, 2.45) is 11.8 Å².